The molecule has 1 aromatic rings. The van der Waals surface area contributed by atoms with Crippen molar-refractivity contribution in [2.24, 2.45) is 11.8 Å². The van der Waals surface area contributed by atoms with Gasteiger partial charge in [0.05, 0.1) is 17.6 Å². The number of methoxy groups -OCH3 is 1. The van der Waals surface area contributed by atoms with Crippen molar-refractivity contribution in [1.82, 2.24) is 5.32 Å². The van der Waals surface area contributed by atoms with Gasteiger partial charge in [0.1, 0.15) is 12.0 Å². The summed E-state index contributed by atoms with van der Waals surface area (Å²) in [5.41, 5.74) is 1.95. The second-order valence-electron chi connectivity index (χ2n) is 9.91. The van der Waals surface area contributed by atoms with Gasteiger partial charge in [-0.2, -0.15) is 0 Å². The van der Waals surface area contributed by atoms with Gasteiger partial charge in [0, 0.05) is 35.0 Å². The molecule has 0 saturated heterocycles. The van der Waals surface area contributed by atoms with E-state index in [1.165, 1.54) is 25.3 Å². The molecule has 1 N–H and O–H groups in total. The number of rotatable bonds is 5. The number of non-ortho nitro benzene ring substituents is 1. The lowest BCUT2D eigenvalue weighted by molar-refractivity contribution is -0.384. The summed E-state index contributed by atoms with van der Waals surface area (Å²) < 4.78 is 10.9. The highest BCUT2D eigenvalue weighted by Crippen LogP contribution is 2.46. The molecule has 4 rings (SSSR count). The summed E-state index contributed by atoms with van der Waals surface area (Å²) in [5, 5.41) is 14.8. The number of hydrogen-bond donors (Lipinski definition) is 1. The van der Waals surface area contributed by atoms with Crippen LogP contribution < -0.4 is 5.32 Å². The van der Waals surface area contributed by atoms with E-state index in [1.807, 2.05) is 6.92 Å². The number of ether oxygens (including phenoxy) is 2. The van der Waals surface area contributed by atoms with Crippen LogP contribution in [0.1, 0.15) is 70.3 Å². The van der Waals surface area contributed by atoms with Gasteiger partial charge in [0.2, 0.25) is 0 Å². The first-order chi connectivity index (χ1) is 17.2. The summed E-state index contributed by atoms with van der Waals surface area (Å²) >= 11 is 0. The maximum absolute atomic E-state index is 13.8. The minimum absolute atomic E-state index is 0.150. The van der Waals surface area contributed by atoms with Crippen molar-refractivity contribution in [3.63, 3.8) is 0 Å². The zero-order valence-corrected chi connectivity index (χ0v) is 20.9. The lowest BCUT2D eigenvalue weighted by Crippen LogP contribution is -2.43. The van der Waals surface area contributed by atoms with E-state index in [0.717, 1.165) is 38.5 Å². The Hall–Kier alpha value is -3.49. The number of esters is 2. The maximum atomic E-state index is 13.8. The minimum atomic E-state index is -1.02. The fourth-order valence-electron chi connectivity index (χ4n) is 5.68. The van der Waals surface area contributed by atoms with Gasteiger partial charge in [-0.1, -0.05) is 31.9 Å². The van der Waals surface area contributed by atoms with Gasteiger partial charge in [0.15, 0.2) is 5.78 Å². The molecule has 1 aromatic carbocycles. The molecule has 36 heavy (non-hydrogen) atoms. The minimum Gasteiger partial charge on any atom is -0.468 e. The number of nitro groups is 1. The van der Waals surface area contributed by atoms with Crippen LogP contribution in [0.2, 0.25) is 0 Å². The Morgan fingerprint density at radius 1 is 1.14 bits per heavy atom. The quantitative estimate of drug-likeness (QED) is 0.208. The number of Topliss-reactive ketones (excluding diaryl/α,β-unsaturated/α-hetero) is 1. The number of carbonyl (C=O) groups is 3. The van der Waals surface area contributed by atoms with E-state index in [9.17, 15) is 24.5 Å². The summed E-state index contributed by atoms with van der Waals surface area (Å²) in [6.45, 7) is 3.56. The third-order valence-corrected chi connectivity index (χ3v) is 7.45. The predicted octanol–water partition coefficient (Wildman–Crippen LogP) is 4.47. The standard InChI is InChI=1S/C27H32N2O7/c1-15-13-20-24(25(30)21(15)26(31)35-3)23(17-9-8-10-18(14-17)29(33)34)22(16(2)28-20)27(32)36-19-11-6-4-5-7-12-19/h8-10,14-15,19,21,23,28H,4-7,11-13H2,1-3H3/t15-,21+,23+/m0/s1. The van der Waals surface area contributed by atoms with E-state index in [-0.39, 0.29) is 28.9 Å². The van der Waals surface area contributed by atoms with Crippen molar-refractivity contribution in [3.8, 4) is 0 Å². The molecule has 0 aromatic heterocycles. The van der Waals surface area contributed by atoms with Crippen LogP contribution in [0.4, 0.5) is 5.69 Å². The Labute approximate surface area is 210 Å². The number of nitrogens with one attached hydrogen (secondary N) is 1. The summed E-state index contributed by atoms with van der Waals surface area (Å²) in [6, 6.07) is 5.94. The van der Waals surface area contributed by atoms with E-state index in [4.69, 9.17) is 9.47 Å². The Kier molecular flexibility index (Phi) is 7.56. The van der Waals surface area contributed by atoms with Crippen LogP contribution >= 0.6 is 0 Å². The average Bonchev–Trinajstić information content (AvgIpc) is 3.11. The second kappa shape index (κ2) is 10.6. The Morgan fingerprint density at radius 3 is 2.47 bits per heavy atom. The molecule has 9 nitrogen and oxygen atoms in total. The Balaban J connectivity index is 1.80. The highest BCUT2D eigenvalue weighted by molar-refractivity contribution is 6.12. The molecule has 1 saturated carbocycles. The molecule has 1 aliphatic heterocycles. The molecular formula is C27H32N2O7. The number of nitro benzene ring substituents is 1. The third kappa shape index (κ3) is 4.92. The van der Waals surface area contributed by atoms with Crippen molar-refractivity contribution < 1.29 is 28.8 Å². The first-order valence-corrected chi connectivity index (χ1v) is 12.5. The molecule has 3 atom stereocenters. The van der Waals surface area contributed by atoms with Gasteiger partial charge in [-0.05, 0) is 50.5 Å². The molecule has 2 aliphatic carbocycles. The number of dihydropyridines is 1. The van der Waals surface area contributed by atoms with E-state index in [1.54, 1.807) is 13.0 Å². The van der Waals surface area contributed by atoms with Gasteiger partial charge in [-0.15, -0.1) is 0 Å². The van der Waals surface area contributed by atoms with Crippen LogP contribution in [0.5, 0.6) is 0 Å². The fourth-order valence-corrected chi connectivity index (χ4v) is 5.68. The molecular weight excluding hydrogens is 464 g/mol. The van der Waals surface area contributed by atoms with Gasteiger partial charge in [0.25, 0.3) is 5.69 Å². The van der Waals surface area contributed by atoms with Crippen LogP contribution in [0.15, 0.2) is 46.8 Å². The fraction of sp³-hybridized carbons (Fsp3) is 0.519. The predicted molar refractivity (Wildman–Crippen MR) is 131 cm³/mol. The first-order valence-electron chi connectivity index (χ1n) is 12.5. The highest BCUT2D eigenvalue weighted by atomic mass is 16.6. The first kappa shape index (κ1) is 25.6. The molecule has 1 fully saturated rings. The number of hydrogen-bond acceptors (Lipinski definition) is 8. The molecule has 192 valence electrons. The number of carbonyl (C=O) groups excluding carboxylic acids is 3. The Morgan fingerprint density at radius 2 is 1.83 bits per heavy atom. The van der Waals surface area contributed by atoms with Crippen molar-refractivity contribution in [2.75, 3.05) is 7.11 Å². The number of nitrogens with zero attached hydrogens (tertiary/aromatic N) is 1. The number of ketones is 1. The van der Waals surface area contributed by atoms with E-state index in [2.05, 4.69) is 5.32 Å². The van der Waals surface area contributed by atoms with Crippen molar-refractivity contribution >= 4 is 23.4 Å². The maximum Gasteiger partial charge on any atom is 0.337 e. The SMILES string of the molecule is COC(=O)[C@H]1C(=O)C2=C(C[C@@H]1C)NC(C)=C(C(=O)OC1CCCCCC1)[C@H]2c1cccc([N+](=O)[O-])c1. The zero-order chi connectivity index (χ0) is 26.0. The summed E-state index contributed by atoms with van der Waals surface area (Å²) in [4.78, 5) is 51.0. The summed E-state index contributed by atoms with van der Waals surface area (Å²) in [7, 11) is 1.24. The third-order valence-electron chi connectivity index (χ3n) is 7.45. The van der Waals surface area contributed by atoms with E-state index in [0.29, 0.717) is 23.4 Å². The van der Waals surface area contributed by atoms with Crippen molar-refractivity contribution in [2.45, 2.75) is 70.8 Å². The molecule has 3 aliphatic rings. The van der Waals surface area contributed by atoms with Crippen LogP contribution in [-0.4, -0.2) is 35.9 Å². The van der Waals surface area contributed by atoms with Crippen molar-refractivity contribution in [1.29, 1.82) is 0 Å². The zero-order valence-electron chi connectivity index (χ0n) is 20.9. The molecule has 0 unspecified atom stereocenters. The second-order valence-corrected chi connectivity index (χ2v) is 9.91. The van der Waals surface area contributed by atoms with Gasteiger partial charge >= 0.3 is 11.9 Å². The average molecular weight is 497 g/mol. The van der Waals surface area contributed by atoms with Crippen molar-refractivity contribution in [3.05, 3.63) is 62.5 Å². The Bertz CT molecular complexity index is 1140. The van der Waals surface area contributed by atoms with Crippen LogP contribution in [0, 0.1) is 22.0 Å². The van der Waals surface area contributed by atoms with Gasteiger partial charge < -0.3 is 14.8 Å². The van der Waals surface area contributed by atoms with E-state index >= 15 is 0 Å². The molecule has 9 heteroatoms. The topological polar surface area (TPSA) is 125 Å². The van der Waals surface area contributed by atoms with E-state index < -0.39 is 34.5 Å². The largest absolute Gasteiger partial charge is 0.468 e. The van der Waals surface area contributed by atoms with Gasteiger partial charge in [-0.25, -0.2) is 4.79 Å². The lowest BCUT2D eigenvalue weighted by Gasteiger charge is -2.38. The summed E-state index contributed by atoms with van der Waals surface area (Å²) in [6.07, 6.45) is 5.91. The number of benzene rings is 1. The lowest BCUT2D eigenvalue weighted by atomic mass is 9.69. The number of allylic oxidation sites excluding steroid dienone is 3. The molecule has 0 spiro atoms. The highest BCUT2D eigenvalue weighted by Gasteiger charge is 2.47. The van der Waals surface area contributed by atoms with Crippen LogP contribution in [0.3, 0.4) is 0 Å². The normalized spacial score (nSPS) is 25.0. The summed E-state index contributed by atoms with van der Waals surface area (Å²) in [5.74, 6) is -3.84. The van der Waals surface area contributed by atoms with Crippen LogP contribution in [-0.2, 0) is 23.9 Å². The monoisotopic (exact) mass is 496 g/mol. The molecule has 0 amide bonds. The molecule has 0 radical (unpaired) electrons. The molecule has 0 bridgehead atoms. The van der Waals surface area contributed by atoms with Gasteiger partial charge in [-0.3, -0.25) is 19.7 Å². The molecule has 1 heterocycles. The van der Waals surface area contributed by atoms with Crippen LogP contribution in [0.25, 0.3) is 0 Å². The smallest absolute Gasteiger partial charge is 0.337 e.